The second-order valence-corrected chi connectivity index (χ2v) is 10.6. The predicted molar refractivity (Wildman–Crippen MR) is 69.0 cm³/mol. The van der Waals surface area contributed by atoms with Gasteiger partial charge in [0.2, 0.25) is 0 Å². The number of nitriles is 1. The largest absolute Gasteiger partial charge is 0.396 e. The van der Waals surface area contributed by atoms with Gasteiger partial charge in [-0.1, -0.05) is 0 Å². The third kappa shape index (κ3) is 2.91. The van der Waals surface area contributed by atoms with Crippen LogP contribution in [0.4, 0.5) is 0 Å². The van der Waals surface area contributed by atoms with Crippen molar-refractivity contribution in [3.8, 4) is 6.07 Å². The summed E-state index contributed by atoms with van der Waals surface area (Å²) < 4.78 is 6.00. The molecule has 0 bridgehead atoms. The van der Waals surface area contributed by atoms with Crippen LogP contribution in [0.1, 0.15) is 22.5 Å². The fourth-order valence-corrected chi connectivity index (χ4v) is 4.11. The zero-order valence-electron chi connectivity index (χ0n) is 10.7. The van der Waals surface area contributed by atoms with Crippen LogP contribution in [0.2, 0.25) is 19.6 Å². The lowest BCUT2D eigenvalue weighted by Crippen LogP contribution is -2.37. The van der Waals surface area contributed by atoms with E-state index in [1.807, 2.05) is 20.8 Å². The zero-order chi connectivity index (χ0) is 12.6. The van der Waals surface area contributed by atoms with Crippen molar-refractivity contribution in [2.75, 3.05) is 0 Å². The Kier molecular flexibility index (Phi) is 3.58. The van der Waals surface area contributed by atoms with E-state index in [4.69, 9.17) is 4.43 Å². The maximum Gasteiger partial charge on any atom is 0.186 e. The Morgan fingerprint density at radius 3 is 2.25 bits per heavy atom. The number of hydrogen-bond acceptors (Lipinski definition) is 4. The Bertz CT molecular complexity index is 430. The van der Waals surface area contributed by atoms with Gasteiger partial charge in [0.1, 0.15) is 6.07 Å². The number of hydrogen-bond donors (Lipinski definition) is 0. The lowest BCUT2D eigenvalue weighted by atomic mass is 10.1. The monoisotopic (exact) mass is 254 g/mol. The zero-order valence-corrected chi connectivity index (χ0v) is 12.5. The van der Waals surface area contributed by atoms with Crippen LogP contribution >= 0.6 is 11.3 Å². The minimum Gasteiger partial charge on any atom is -0.396 e. The number of nitrogens with zero attached hydrogens (tertiary/aromatic N) is 2. The molecular formula is C11H18N2OSSi. The third-order valence-corrected chi connectivity index (χ3v) is 4.36. The molecule has 0 aromatic carbocycles. The van der Waals surface area contributed by atoms with Gasteiger partial charge >= 0.3 is 0 Å². The molecule has 16 heavy (non-hydrogen) atoms. The van der Waals surface area contributed by atoms with E-state index >= 15 is 0 Å². The minimum atomic E-state index is -1.75. The topological polar surface area (TPSA) is 45.9 Å². The van der Waals surface area contributed by atoms with Crippen molar-refractivity contribution in [2.24, 2.45) is 0 Å². The van der Waals surface area contributed by atoms with Crippen LogP contribution in [0.25, 0.3) is 0 Å². The molecule has 1 atom stereocenters. The van der Waals surface area contributed by atoms with Crippen LogP contribution in [-0.2, 0) is 10.0 Å². The van der Waals surface area contributed by atoms with Gasteiger partial charge in [0.25, 0.3) is 0 Å². The van der Waals surface area contributed by atoms with Crippen LogP contribution in [-0.4, -0.2) is 13.3 Å². The summed E-state index contributed by atoms with van der Waals surface area (Å²) in [7, 11) is -1.75. The summed E-state index contributed by atoms with van der Waals surface area (Å²) in [6.45, 7) is 12.0. The van der Waals surface area contributed by atoms with Crippen molar-refractivity contribution < 1.29 is 4.43 Å². The highest BCUT2D eigenvalue weighted by molar-refractivity contribution is 7.11. The van der Waals surface area contributed by atoms with Crippen molar-refractivity contribution in [1.29, 1.82) is 5.26 Å². The first-order valence-corrected chi connectivity index (χ1v) is 9.46. The summed E-state index contributed by atoms with van der Waals surface area (Å²) in [5.41, 5.74) is 0.0605. The van der Waals surface area contributed by atoms with Crippen molar-refractivity contribution in [2.45, 2.75) is 46.0 Å². The molecule has 0 radical (unpaired) electrons. The van der Waals surface area contributed by atoms with Crippen LogP contribution in [0, 0.1) is 25.2 Å². The first-order valence-electron chi connectivity index (χ1n) is 5.24. The maximum absolute atomic E-state index is 9.36. The highest BCUT2D eigenvalue weighted by atomic mass is 32.1. The molecule has 0 spiro atoms. The summed E-state index contributed by atoms with van der Waals surface area (Å²) in [6, 6.07) is 2.29. The summed E-state index contributed by atoms with van der Waals surface area (Å²) in [5.74, 6) is 0. The Hall–Kier alpha value is -0.703. The van der Waals surface area contributed by atoms with Gasteiger partial charge in [-0.25, -0.2) is 4.98 Å². The second kappa shape index (κ2) is 4.28. The van der Waals surface area contributed by atoms with Crippen molar-refractivity contribution in [1.82, 2.24) is 4.98 Å². The number of aromatic nitrogens is 1. The lowest BCUT2D eigenvalue weighted by Gasteiger charge is -2.29. The third-order valence-electron chi connectivity index (χ3n) is 2.06. The average molecular weight is 254 g/mol. The van der Waals surface area contributed by atoms with Gasteiger partial charge in [-0.05, 0) is 40.4 Å². The van der Waals surface area contributed by atoms with Gasteiger partial charge in [-0.15, -0.1) is 11.3 Å². The highest BCUT2D eigenvalue weighted by Gasteiger charge is 2.36. The van der Waals surface area contributed by atoms with Gasteiger partial charge in [0.05, 0.1) is 15.6 Å². The maximum atomic E-state index is 9.36. The van der Waals surface area contributed by atoms with E-state index in [1.54, 1.807) is 11.3 Å². The fraction of sp³-hybridized carbons (Fsp3) is 0.636. The van der Waals surface area contributed by atoms with Crippen LogP contribution < -0.4 is 0 Å². The first-order chi connectivity index (χ1) is 7.18. The van der Waals surface area contributed by atoms with E-state index in [0.717, 1.165) is 15.6 Å². The van der Waals surface area contributed by atoms with E-state index in [-0.39, 0.29) is 0 Å². The molecule has 1 rings (SSSR count). The molecule has 0 amide bonds. The van der Waals surface area contributed by atoms with E-state index in [9.17, 15) is 5.26 Å². The predicted octanol–water partition coefficient (Wildman–Crippen LogP) is 3.35. The van der Waals surface area contributed by atoms with E-state index in [0.29, 0.717) is 0 Å². The molecule has 0 fully saturated rings. The summed E-state index contributed by atoms with van der Waals surface area (Å²) in [5, 5.41) is 10.3. The van der Waals surface area contributed by atoms with Gasteiger partial charge < -0.3 is 4.43 Å². The first kappa shape index (κ1) is 13.4. The Labute approximate surface area is 102 Å². The van der Waals surface area contributed by atoms with Gasteiger partial charge in [-0.2, -0.15) is 5.26 Å². The summed E-state index contributed by atoms with van der Waals surface area (Å²) in [6.07, 6.45) is 0. The SMILES string of the molecule is Cc1nc(C)c(C(C)(C#N)O[Si](C)(C)C)s1. The Balaban J connectivity index is 3.16. The quantitative estimate of drug-likeness (QED) is 0.777. The molecule has 1 unspecified atom stereocenters. The Morgan fingerprint density at radius 2 is 1.94 bits per heavy atom. The van der Waals surface area contributed by atoms with Crippen LogP contribution in [0.15, 0.2) is 0 Å². The molecule has 0 saturated heterocycles. The second-order valence-electron chi connectivity index (χ2n) is 5.01. The molecule has 5 heteroatoms. The van der Waals surface area contributed by atoms with E-state index < -0.39 is 13.9 Å². The Morgan fingerprint density at radius 1 is 1.38 bits per heavy atom. The molecule has 0 aliphatic carbocycles. The van der Waals surface area contributed by atoms with Gasteiger partial charge in [0.15, 0.2) is 13.9 Å². The number of thiazole rings is 1. The van der Waals surface area contributed by atoms with Gasteiger partial charge in [-0.3, -0.25) is 0 Å². The molecule has 1 heterocycles. The molecule has 0 N–H and O–H groups in total. The molecule has 1 aromatic rings. The number of aryl methyl sites for hydroxylation is 2. The molecule has 3 nitrogen and oxygen atoms in total. The fourth-order valence-electron chi connectivity index (χ4n) is 1.71. The van der Waals surface area contributed by atoms with Crippen LogP contribution in [0.3, 0.4) is 0 Å². The molecular weight excluding hydrogens is 236 g/mol. The van der Waals surface area contributed by atoms with Crippen molar-refractivity contribution >= 4 is 19.7 Å². The molecule has 0 aliphatic rings. The minimum absolute atomic E-state index is 0.847. The smallest absolute Gasteiger partial charge is 0.186 e. The average Bonchev–Trinajstić information content (AvgIpc) is 2.43. The van der Waals surface area contributed by atoms with Gasteiger partial charge in [0, 0.05) is 0 Å². The molecule has 0 aliphatic heterocycles. The normalized spacial score (nSPS) is 15.6. The van der Waals surface area contributed by atoms with E-state index in [2.05, 4.69) is 30.7 Å². The summed E-state index contributed by atoms with van der Waals surface area (Å²) in [4.78, 5) is 5.30. The highest BCUT2D eigenvalue weighted by Crippen LogP contribution is 2.34. The molecule has 88 valence electrons. The number of rotatable bonds is 3. The lowest BCUT2D eigenvalue weighted by molar-refractivity contribution is 0.144. The summed E-state index contributed by atoms with van der Waals surface area (Å²) >= 11 is 1.55. The standard InChI is InChI=1S/C11H18N2OSSi/c1-8-10(15-9(2)13-8)11(3,7-12)14-16(4,5)6/h1-6H3. The molecule has 0 saturated carbocycles. The van der Waals surface area contributed by atoms with Crippen LogP contribution in [0.5, 0.6) is 0 Å². The van der Waals surface area contributed by atoms with E-state index in [1.165, 1.54) is 0 Å². The van der Waals surface area contributed by atoms with Crippen molar-refractivity contribution in [3.05, 3.63) is 15.6 Å². The van der Waals surface area contributed by atoms with Crippen molar-refractivity contribution in [3.63, 3.8) is 0 Å². The molecule has 1 aromatic heterocycles.